The lowest BCUT2D eigenvalue weighted by molar-refractivity contribution is -0.116. The van der Waals surface area contributed by atoms with Gasteiger partial charge in [0.05, 0.1) is 26.5 Å². The third-order valence-corrected chi connectivity index (χ3v) is 7.75. The normalized spacial score (nSPS) is 11.2. The van der Waals surface area contributed by atoms with E-state index in [2.05, 4.69) is 5.32 Å². The molecule has 0 aliphatic rings. The number of carbonyl (C=O) groups is 1. The average Bonchev–Trinajstić information content (AvgIpc) is 2.95. The Kier molecular flexibility index (Phi) is 9.08. The minimum atomic E-state index is -4.22. The molecule has 0 saturated carbocycles. The molecule has 4 aromatic rings. The van der Waals surface area contributed by atoms with Crippen molar-refractivity contribution >= 4 is 33.2 Å². The van der Waals surface area contributed by atoms with E-state index in [0.29, 0.717) is 33.5 Å². The Labute approximate surface area is 232 Å². The predicted molar refractivity (Wildman–Crippen MR) is 150 cm³/mol. The van der Waals surface area contributed by atoms with E-state index < -0.39 is 22.5 Å². The number of sulfonamides is 1. The molecular formula is C29H27ClN2O6S. The zero-order valence-electron chi connectivity index (χ0n) is 21.3. The molecular weight excluding hydrogens is 540 g/mol. The van der Waals surface area contributed by atoms with E-state index in [1.54, 1.807) is 60.7 Å². The van der Waals surface area contributed by atoms with Gasteiger partial charge in [-0.15, -0.1) is 0 Å². The van der Waals surface area contributed by atoms with Crippen molar-refractivity contribution in [3.63, 3.8) is 0 Å². The first-order valence-corrected chi connectivity index (χ1v) is 13.7. The van der Waals surface area contributed by atoms with Gasteiger partial charge in [-0.05, 0) is 48.0 Å². The lowest BCUT2D eigenvalue weighted by Crippen LogP contribution is -2.37. The van der Waals surface area contributed by atoms with Gasteiger partial charge in [0.2, 0.25) is 15.9 Å². The van der Waals surface area contributed by atoms with Crippen molar-refractivity contribution in [2.45, 2.75) is 11.4 Å². The number of benzene rings is 4. The largest absolute Gasteiger partial charge is 0.497 e. The van der Waals surface area contributed by atoms with Gasteiger partial charge in [0.1, 0.15) is 22.1 Å². The summed E-state index contributed by atoms with van der Waals surface area (Å²) in [6, 6.07) is 27.3. The first-order valence-electron chi connectivity index (χ1n) is 11.9. The summed E-state index contributed by atoms with van der Waals surface area (Å²) >= 11 is 6.19. The summed E-state index contributed by atoms with van der Waals surface area (Å²) in [6.07, 6.45) is 0. The summed E-state index contributed by atoms with van der Waals surface area (Å²) in [6.45, 7) is -0.547. The van der Waals surface area contributed by atoms with E-state index >= 15 is 0 Å². The first-order chi connectivity index (χ1) is 18.8. The summed E-state index contributed by atoms with van der Waals surface area (Å²) < 4.78 is 45.4. The number of rotatable bonds is 11. The van der Waals surface area contributed by atoms with Gasteiger partial charge in [-0.1, -0.05) is 60.1 Å². The van der Waals surface area contributed by atoms with Gasteiger partial charge in [-0.25, -0.2) is 8.42 Å². The van der Waals surface area contributed by atoms with Crippen molar-refractivity contribution in [2.24, 2.45) is 0 Å². The highest BCUT2D eigenvalue weighted by Crippen LogP contribution is 2.33. The van der Waals surface area contributed by atoms with Crippen molar-refractivity contribution in [3.8, 4) is 23.0 Å². The summed E-state index contributed by atoms with van der Waals surface area (Å²) in [5.74, 6) is 0.791. The summed E-state index contributed by atoms with van der Waals surface area (Å²) in [5, 5.41) is 3.13. The number of para-hydroxylation sites is 1. The Morgan fingerprint density at radius 3 is 2.15 bits per heavy atom. The molecule has 1 amide bonds. The number of amides is 1. The van der Waals surface area contributed by atoms with Crippen LogP contribution in [0.5, 0.6) is 23.0 Å². The molecule has 0 aliphatic carbocycles. The zero-order valence-corrected chi connectivity index (χ0v) is 22.9. The number of halogens is 1. The molecule has 39 heavy (non-hydrogen) atoms. The fourth-order valence-corrected chi connectivity index (χ4v) is 5.52. The van der Waals surface area contributed by atoms with E-state index in [-0.39, 0.29) is 17.2 Å². The van der Waals surface area contributed by atoms with Crippen molar-refractivity contribution in [1.29, 1.82) is 0 Å². The van der Waals surface area contributed by atoms with Crippen molar-refractivity contribution in [1.82, 2.24) is 4.31 Å². The molecule has 0 aromatic heterocycles. The fourth-order valence-electron chi connectivity index (χ4n) is 3.79. The van der Waals surface area contributed by atoms with Crippen molar-refractivity contribution in [3.05, 3.63) is 108 Å². The van der Waals surface area contributed by atoms with Crippen LogP contribution in [0.1, 0.15) is 5.56 Å². The number of nitrogens with one attached hydrogen (secondary N) is 1. The maximum Gasteiger partial charge on any atom is 0.247 e. The molecule has 0 atom stereocenters. The molecule has 202 valence electrons. The van der Waals surface area contributed by atoms with Crippen LogP contribution in [-0.2, 0) is 21.4 Å². The second-order valence-corrected chi connectivity index (χ2v) is 10.7. The van der Waals surface area contributed by atoms with Crippen LogP contribution in [0.25, 0.3) is 0 Å². The van der Waals surface area contributed by atoms with E-state index in [9.17, 15) is 13.2 Å². The topological polar surface area (TPSA) is 94.2 Å². The number of nitrogens with zero attached hydrogens (tertiary/aromatic N) is 1. The SMILES string of the molecule is COc1ccc(OC)c(S(=O)(=O)N(CC(=O)Nc2cc(Cl)ccc2Oc2ccccc2)Cc2ccccc2)c1. The zero-order chi connectivity index (χ0) is 27.8. The van der Waals surface area contributed by atoms with Crippen LogP contribution in [0, 0.1) is 0 Å². The third-order valence-electron chi connectivity index (χ3n) is 5.70. The second-order valence-electron chi connectivity index (χ2n) is 8.38. The van der Waals surface area contributed by atoms with Gasteiger partial charge in [0.25, 0.3) is 0 Å². The Morgan fingerprint density at radius 2 is 1.49 bits per heavy atom. The van der Waals surface area contributed by atoms with Crippen LogP contribution in [-0.4, -0.2) is 39.4 Å². The van der Waals surface area contributed by atoms with Crippen LogP contribution in [0.2, 0.25) is 5.02 Å². The van der Waals surface area contributed by atoms with Crippen LogP contribution < -0.4 is 19.5 Å². The summed E-state index contributed by atoms with van der Waals surface area (Å²) in [4.78, 5) is 13.2. The third kappa shape index (κ3) is 7.08. The molecule has 0 saturated heterocycles. The van der Waals surface area contributed by atoms with Gasteiger partial charge in [-0.2, -0.15) is 4.31 Å². The van der Waals surface area contributed by atoms with Gasteiger partial charge in [0.15, 0.2) is 5.75 Å². The van der Waals surface area contributed by atoms with Crippen LogP contribution in [0.3, 0.4) is 0 Å². The highest BCUT2D eigenvalue weighted by Gasteiger charge is 2.30. The molecule has 0 bridgehead atoms. The number of carbonyl (C=O) groups excluding carboxylic acids is 1. The van der Waals surface area contributed by atoms with E-state index in [1.165, 1.54) is 26.4 Å². The number of hydrogen-bond acceptors (Lipinski definition) is 6. The van der Waals surface area contributed by atoms with E-state index in [4.69, 9.17) is 25.8 Å². The predicted octanol–water partition coefficient (Wildman–Crippen LogP) is 5.98. The van der Waals surface area contributed by atoms with E-state index in [0.717, 1.165) is 4.31 Å². The molecule has 0 aliphatic heterocycles. The molecule has 0 radical (unpaired) electrons. The summed E-state index contributed by atoms with van der Waals surface area (Å²) in [7, 11) is -1.40. The number of methoxy groups -OCH3 is 2. The van der Waals surface area contributed by atoms with Crippen LogP contribution in [0.15, 0.2) is 102 Å². The lowest BCUT2D eigenvalue weighted by atomic mass is 10.2. The van der Waals surface area contributed by atoms with Gasteiger partial charge in [0, 0.05) is 17.6 Å². The average molecular weight is 567 g/mol. The molecule has 4 rings (SSSR count). The maximum atomic E-state index is 13.9. The van der Waals surface area contributed by atoms with E-state index in [1.807, 2.05) is 24.3 Å². The Bertz CT molecular complexity index is 1530. The first kappa shape index (κ1) is 28.0. The summed E-state index contributed by atoms with van der Waals surface area (Å²) in [5.41, 5.74) is 0.999. The maximum absolute atomic E-state index is 13.9. The Balaban J connectivity index is 1.65. The number of anilines is 1. The molecule has 4 aromatic carbocycles. The molecule has 0 spiro atoms. The van der Waals surface area contributed by atoms with Gasteiger partial charge in [-0.3, -0.25) is 4.79 Å². The molecule has 8 nitrogen and oxygen atoms in total. The Hall–Kier alpha value is -4.05. The second kappa shape index (κ2) is 12.7. The number of ether oxygens (including phenoxy) is 3. The highest BCUT2D eigenvalue weighted by molar-refractivity contribution is 7.89. The van der Waals surface area contributed by atoms with Crippen molar-refractivity contribution < 1.29 is 27.4 Å². The molecule has 0 heterocycles. The lowest BCUT2D eigenvalue weighted by Gasteiger charge is -2.23. The standard InChI is InChI=1S/C29H27ClN2O6S/c1-36-24-14-16-27(37-2)28(18-24)39(34,35)32(19-21-9-5-3-6-10-21)20-29(33)31-25-17-22(30)13-15-26(25)38-23-11-7-4-8-12-23/h3-18H,19-20H2,1-2H3,(H,31,33). The monoisotopic (exact) mass is 566 g/mol. The minimum Gasteiger partial charge on any atom is -0.497 e. The molecule has 0 fully saturated rings. The number of hydrogen-bond donors (Lipinski definition) is 1. The quantitative estimate of drug-likeness (QED) is 0.240. The van der Waals surface area contributed by atoms with Gasteiger partial charge < -0.3 is 19.5 Å². The molecule has 10 heteroatoms. The molecule has 0 unspecified atom stereocenters. The smallest absolute Gasteiger partial charge is 0.247 e. The van der Waals surface area contributed by atoms with Crippen molar-refractivity contribution in [2.75, 3.05) is 26.1 Å². The Morgan fingerprint density at radius 1 is 0.821 bits per heavy atom. The fraction of sp³-hybridized carbons (Fsp3) is 0.138. The minimum absolute atomic E-state index is 0.0557. The van der Waals surface area contributed by atoms with Crippen LogP contribution >= 0.6 is 11.6 Å². The van der Waals surface area contributed by atoms with Gasteiger partial charge >= 0.3 is 0 Å². The highest BCUT2D eigenvalue weighted by atomic mass is 35.5. The molecule has 1 N–H and O–H groups in total. The van der Waals surface area contributed by atoms with Crippen LogP contribution in [0.4, 0.5) is 5.69 Å².